The number of esters is 1. The molecule has 10 heteroatoms. The van der Waals surface area contributed by atoms with Crippen LogP contribution in [0.3, 0.4) is 0 Å². The maximum atomic E-state index is 12.4. The summed E-state index contributed by atoms with van der Waals surface area (Å²) in [7, 11) is 3.83. The van der Waals surface area contributed by atoms with Gasteiger partial charge in [0.1, 0.15) is 23.9 Å². The molecule has 5 N–H and O–H groups in total. The van der Waals surface area contributed by atoms with Crippen molar-refractivity contribution >= 4 is 16.9 Å². The maximum Gasteiger partial charge on any atom is 0.310 e. The van der Waals surface area contributed by atoms with Gasteiger partial charge >= 0.3 is 5.97 Å². The largest absolute Gasteiger partial charge is 0.507 e. The van der Waals surface area contributed by atoms with E-state index in [1.54, 1.807) is 24.3 Å². The van der Waals surface area contributed by atoms with Crippen molar-refractivity contribution in [1.82, 2.24) is 15.2 Å². The lowest BCUT2D eigenvalue weighted by molar-refractivity contribution is -0.143. The Balaban J connectivity index is 1.21. The molecule has 0 amide bonds. The number of H-pyrrole nitrogens is 1. The fourth-order valence-electron chi connectivity index (χ4n) is 4.97. The second kappa shape index (κ2) is 15.9. The third kappa shape index (κ3) is 9.06. The van der Waals surface area contributed by atoms with Crippen molar-refractivity contribution in [1.29, 1.82) is 0 Å². The molecule has 0 saturated heterocycles. The zero-order chi connectivity index (χ0) is 31.5. The van der Waals surface area contributed by atoms with E-state index in [0.717, 1.165) is 24.8 Å². The van der Waals surface area contributed by atoms with Crippen LogP contribution in [0.25, 0.3) is 22.0 Å². The van der Waals surface area contributed by atoms with E-state index in [9.17, 15) is 24.9 Å². The molecule has 4 aromatic rings. The molecule has 0 radical (unpaired) electrons. The lowest BCUT2D eigenvalue weighted by Crippen LogP contribution is -2.23. The number of rotatable bonds is 16. The van der Waals surface area contributed by atoms with E-state index in [1.165, 1.54) is 12.1 Å². The van der Waals surface area contributed by atoms with Crippen molar-refractivity contribution < 1.29 is 29.6 Å². The number of aromatic amines is 1. The van der Waals surface area contributed by atoms with Crippen LogP contribution in [0.2, 0.25) is 0 Å². The summed E-state index contributed by atoms with van der Waals surface area (Å²) in [4.78, 5) is 28.6. The Morgan fingerprint density at radius 1 is 0.955 bits per heavy atom. The first-order valence-corrected chi connectivity index (χ1v) is 14.8. The minimum absolute atomic E-state index is 0.0354. The summed E-state index contributed by atoms with van der Waals surface area (Å²) in [5.41, 5.74) is 2.66. The van der Waals surface area contributed by atoms with Crippen LogP contribution < -0.4 is 15.6 Å². The van der Waals surface area contributed by atoms with Gasteiger partial charge < -0.3 is 40.0 Å². The van der Waals surface area contributed by atoms with E-state index in [1.807, 2.05) is 49.3 Å². The number of aromatic hydroxyl groups is 2. The summed E-state index contributed by atoms with van der Waals surface area (Å²) in [5.74, 6) is 0.383. The average molecular weight is 604 g/mol. The van der Waals surface area contributed by atoms with Crippen LogP contribution >= 0.6 is 0 Å². The Kier molecular flexibility index (Phi) is 11.8. The number of hydrogen-bond acceptors (Lipinski definition) is 9. The third-order valence-corrected chi connectivity index (χ3v) is 7.26. The van der Waals surface area contributed by atoms with E-state index in [2.05, 4.69) is 10.3 Å². The second-order valence-electron chi connectivity index (χ2n) is 11.0. The van der Waals surface area contributed by atoms with Crippen LogP contribution in [0.1, 0.15) is 36.5 Å². The molecule has 3 aromatic carbocycles. The summed E-state index contributed by atoms with van der Waals surface area (Å²) in [6, 6.07) is 18.7. The molecular formula is C34H41N3O7. The standard InChI is InChI=1S/C34H41N3O7/c1-37(2)17-19-44-32(42)21-24-9-7-11-28(38)33(24)23-8-6-10-25(20-23)43-18-5-3-4-16-35-22-30(40)26-12-14-29(39)34-27(26)13-15-31(41)36-34/h6-15,20,30,35,38-40H,3-5,16-19,21-22H2,1-2H3,(H,36,41)/t30-/m0/s1. The van der Waals surface area contributed by atoms with Gasteiger partial charge in [-0.1, -0.05) is 30.3 Å². The number of nitrogens with one attached hydrogen (secondary N) is 2. The van der Waals surface area contributed by atoms with Crippen molar-refractivity contribution in [3.8, 4) is 28.4 Å². The first kappa shape index (κ1) is 32.5. The summed E-state index contributed by atoms with van der Waals surface area (Å²) in [6.45, 7) is 2.52. The number of ether oxygens (including phenoxy) is 2. The highest BCUT2D eigenvalue weighted by Gasteiger charge is 2.16. The van der Waals surface area contributed by atoms with Gasteiger partial charge in [0.25, 0.3) is 0 Å². The highest BCUT2D eigenvalue weighted by Crippen LogP contribution is 2.35. The predicted octanol–water partition coefficient (Wildman–Crippen LogP) is 4.13. The topological polar surface area (TPSA) is 144 Å². The summed E-state index contributed by atoms with van der Waals surface area (Å²) < 4.78 is 11.3. The van der Waals surface area contributed by atoms with Gasteiger partial charge in [-0.15, -0.1) is 0 Å². The van der Waals surface area contributed by atoms with Gasteiger partial charge in [0, 0.05) is 30.1 Å². The van der Waals surface area contributed by atoms with E-state index >= 15 is 0 Å². The molecule has 0 aliphatic rings. The minimum atomic E-state index is -0.794. The number of carbonyl (C=O) groups excluding carboxylic acids is 1. The number of pyridine rings is 1. The fourth-order valence-corrected chi connectivity index (χ4v) is 4.97. The number of likely N-dealkylation sites (N-methyl/N-ethyl adjacent to an activating group) is 1. The molecule has 0 bridgehead atoms. The summed E-state index contributed by atoms with van der Waals surface area (Å²) >= 11 is 0. The minimum Gasteiger partial charge on any atom is -0.507 e. The maximum absolute atomic E-state index is 12.4. The number of benzene rings is 3. The molecule has 0 saturated carbocycles. The Labute approximate surface area is 256 Å². The predicted molar refractivity (Wildman–Crippen MR) is 170 cm³/mol. The van der Waals surface area contributed by atoms with Gasteiger partial charge in [-0.3, -0.25) is 9.59 Å². The fraction of sp³-hybridized carbons (Fsp3) is 0.353. The molecule has 4 rings (SSSR count). The van der Waals surface area contributed by atoms with E-state index in [0.29, 0.717) is 66.2 Å². The number of aromatic nitrogens is 1. The number of unbranched alkanes of at least 4 members (excludes halogenated alkanes) is 2. The molecular weight excluding hydrogens is 562 g/mol. The lowest BCUT2D eigenvalue weighted by atomic mass is 9.96. The zero-order valence-corrected chi connectivity index (χ0v) is 25.2. The number of phenolic OH excluding ortho intramolecular Hbond substituents is 2. The smallest absolute Gasteiger partial charge is 0.310 e. The van der Waals surface area contributed by atoms with Crippen LogP contribution in [0.15, 0.2) is 71.5 Å². The number of hydrogen-bond donors (Lipinski definition) is 5. The number of aliphatic hydroxyl groups is 1. The molecule has 1 heterocycles. The molecule has 1 aromatic heterocycles. The third-order valence-electron chi connectivity index (χ3n) is 7.26. The van der Waals surface area contributed by atoms with Crippen molar-refractivity contribution in [2.75, 3.05) is 46.9 Å². The summed E-state index contributed by atoms with van der Waals surface area (Å²) in [5, 5.41) is 35.2. The molecule has 0 unspecified atom stereocenters. The number of fused-ring (bicyclic) bond motifs is 1. The molecule has 0 fully saturated rings. The van der Waals surface area contributed by atoms with E-state index in [-0.39, 0.29) is 29.4 Å². The molecule has 234 valence electrons. The van der Waals surface area contributed by atoms with Gasteiger partial charge in [0.05, 0.1) is 24.6 Å². The lowest BCUT2D eigenvalue weighted by Gasteiger charge is -2.15. The van der Waals surface area contributed by atoms with Crippen LogP contribution in [-0.4, -0.2) is 78.1 Å². The number of aliphatic hydroxyl groups excluding tert-OH is 1. The van der Waals surface area contributed by atoms with Crippen LogP contribution in [0, 0.1) is 0 Å². The highest BCUT2D eigenvalue weighted by molar-refractivity contribution is 5.87. The van der Waals surface area contributed by atoms with Crippen LogP contribution in [0.5, 0.6) is 17.2 Å². The average Bonchev–Trinajstić information content (AvgIpc) is 2.99. The Morgan fingerprint density at radius 2 is 1.77 bits per heavy atom. The normalized spacial score (nSPS) is 12.0. The van der Waals surface area contributed by atoms with Gasteiger partial charge in [-0.25, -0.2) is 0 Å². The Hall–Kier alpha value is -4.38. The molecule has 0 spiro atoms. The molecule has 0 aliphatic heterocycles. The zero-order valence-electron chi connectivity index (χ0n) is 25.2. The van der Waals surface area contributed by atoms with Gasteiger partial charge in [-0.05, 0) is 86.9 Å². The number of nitrogens with zero attached hydrogens (tertiary/aromatic N) is 1. The Bertz CT molecular complexity index is 1600. The van der Waals surface area contributed by atoms with Gasteiger partial charge in [0.15, 0.2) is 0 Å². The van der Waals surface area contributed by atoms with Crippen molar-refractivity contribution in [2.24, 2.45) is 0 Å². The monoisotopic (exact) mass is 603 g/mol. The van der Waals surface area contributed by atoms with Gasteiger partial charge in [0.2, 0.25) is 5.56 Å². The van der Waals surface area contributed by atoms with E-state index < -0.39 is 6.10 Å². The van der Waals surface area contributed by atoms with Crippen LogP contribution in [0.4, 0.5) is 0 Å². The second-order valence-corrected chi connectivity index (χ2v) is 11.0. The number of phenols is 2. The quantitative estimate of drug-likeness (QED) is 0.0943. The first-order valence-electron chi connectivity index (χ1n) is 14.8. The number of carbonyl (C=O) groups is 1. The van der Waals surface area contributed by atoms with E-state index in [4.69, 9.17) is 9.47 Å². The SMILES string of the molecule is CN(C)CCOC(=O)Cc1cccc(O)c1-c1cccc(OCCCCCNC[C@H](O)c2ccc(O)c3[nH]c(=O)ccc23)c1. The van der Waals surface area contributed by atoms with Crippen molar-refractivity contribution in [3.63, 3.8) is 0 Å². The molecule has 0 aliphatic carbocycles. The highest BCUT2D eigenvalue weighted by atomic mass is 16.5. The Morgan fingerprint density at radius 3 is 2.59 bits per heavy atom. The van der Waals surface area contributed by atoms with Gasteiger partial charge in [-0.2, -0.15) is 0 Å². The summed E-state index contributed by atoms with van der Waals surface area (Å²) in [6.07, 6.45) is 1.92. The van der Waals surface area contributed by atoms with Crippen molar-refractivity contribution in [2.45, 2.75) is 31.8 Å². The van der Waals surface area contributed by atoms with Crippen LogP contribution in [-0.2, 0) is 16.0 Å². The molecule has 10 nitrogen and oxygen atoms in total. The molecule has 44 heavy (non-hydrogen) atoms. The molecule has 1 atom stereocenters. The van der Waals surface area contributed by atoms with Crippen molar-refractivity contribution in [3.05, 3.63) is 88.2 Å². The first-order chi connectivity index (χ1) is 21.2.